The van der Waals surface area contributed by atoms with E-state index in [0.29, 0.717) is 50.1 Å². The molecule has 0 spiro atoms. The number of aromatic nitrogens is 2. The fourth-order valence-corrected chi connectivity index (χ4v) is 4.32. The van der Waals surface area contributed by atoms with Crippen LogP contribution in [0.2, 0.25) is 0 Å². The van der Waals surface area contributed by atoms with E-state index in [2.05, 4.69) is 27.9 Å². The maximum atomic E-state index is 12.6. The van der Waals surface area contributed by atoms with Crippen LogP contribution in [-0.2, 0) is 6.54 Å². The molecule has 1 aliphatic heterocycles. The fraction of sp³-hybridized carbons (Fsp3) is 0.414. The van der Waals surface area contributed by atoms with E-state index >= 15 is 0 Å². The number of carbonyl (C=O) groups is 1. The van der Waals surface area contributed by atoms with Crippen molar-refractivity contribution in [3.8, 4) is 5.75 Å². The lowest BCUT2D eigenvalue weighted by Crippen LogP contribution is -2.45. The molecule has 0 atom stereocenters. The number of benzene rings is 1. The average molecular weight is 537 g/mol. The van der Waals surface area contributed by atoms with Gasteiger partial charge in [0.25, 0.3) is 5.91 Å². The maximum Gasteiger partial charge on any atom is 0.275 e. The van der Waals surface area contributed by atoms with E-state index in [1.807, 2.05) is 50.3 Å². The molecule has 3 aromatic rings. The number of piperidine rings is 1. The zero-order valence-electron chi connectivity index (χ0n) is 22.2. The number of amides is 1. The number of likely N-dealkylation sites (tertiary alicyclic amines) is 1. The molecule has 38 heavy (non-hydrogen) atoms. The zero-order chi connectivity index (χ0) is 27.1. The van der Waals surface area contributed by atoms with Crippen molar-refractivity contribution in [1.29, 1.82) is 0 Å². The SMILES string of the molecule is COc1cc(C)c(S)c(C)c1.O=C(c1coc(CNC2CC2)n1)N1CCC(O)(/C=C/c2cccnc2)CC1. The van der Waals surface area contributed by atoms with Crippen LogP contribution in [0.15, 0.2) is 58.3 Å². The van der Waals surface area contributed by atoms with Crippen molar-refractivity contribution < 1.29 is 19.1 Å². The molecule has 0 bridgehead atoms. The van der Waals surface area contributed by atoms with Crippen molar-refractivity contribution in [2.75, 3.05) is 20.2 Å². The number of methoxy groups -OCH3 is 1. The first kappa shape index (κ1) is 27.9. The third-order valence-electron chi connectivity index (χ3n) is 6.78. The molecule has 2 aliphatic rings. The molecule has 2 aromatic heterocycles. The summed E-state index contributed by atoms with van der Waals surface area (Å²) >= 11 is 4.34. The van der Waals surface area contributed by atoms with Crippen molar-refractivity contribution in [2.24, 2.45) is 0 Å². The molecule has 2 N–H and O–H groups in total. The quantitative estimate of drug-likeness (QED) is 0.379. The first-order valence-electron chi connectivity index (χ1n) is 12.9. The van der Waals surface area contributed by atoms with Crippen LogP contribution in [0.25, 0.3) is 6.08 Å². The molecule has 3 heterocycles. The molecule has 1 aliphatic carbocycles. The van der Waals surface area contributed by atoms with Crippen molar-refractivity contribution in [3.05, 3.63) is 77.3 Å². The molecular formula is C29H36N4O4S. The molecule has 2 fully saturated rings. The number of thiol groups is 1. The predicted octanol–water partition coefficient (Wildman–Crippen LogP) is 4.60. The lowest BCUT2D eigenvalue weighted by atomic mass is 9.90. The number of nitrogens with zero attached hydrogens (tertiary/aromatic N) is 3. The number of rotatable bonds is 7. The second-order valence-corrected chi connectivity index (χ2v) is 10.4. The van der Waals surface area contributed by atoms with Gasteiger partial charge >= 0.3 is 0 Å². The lowest BCUT2D eigenvalue weighted by Gasteiger charge is -2.36. The Hall–Kier alpha value is -3.14. The molecule has 202 valence electrons. The van der Waals surface area contributed by atoms with Crippen LogP contribution in [0, 0.1) is 13.8 Å². The minimum absolute atomic E-state index is 0.144. The summed E-state index contributed by atoms with van der Waals surface area (Å²) < 4.78 is 10.5. The van der Waals surface area contributed by atoms with Crippen molar-refractivity contribution >= 4 is 24.6 Å². The summed E-state index contributed by atoms with van der Waals surface area (Å²) in [5.41, 5.74) is 2.68. The summed E-state index contributed by atoms with van der Waals surface area (Å²) in [6.07, 6.45) is 11.9. The highest BCUT2D eigenvalue weighted by atomic mass is 32.1. The molecule has 1 aromatic carbocycles. The smallest absolute Gasteiger partial charge is 0.275 e. The van der Waals surface area contributed by atoms with E-state index in [4.69, 9.17) is 9.15 Å². The number of carbonyl (C=O) groups excluding carboxylic acids is 1. The normalized spacial score (nSPS) is 16.7. The van der Waals surface area contributed by atoms with Gasteiger partial charge in [-0.25, -0.2) is 4.98 Å². The Morgan fingerprint density at radius 3 is 2.61 bits per heavy atom. The van der Waals surface area contributed by atoms with Crippen molar-refractivity contribution in [1.82, 2.24) is 20.2 Å². The van der Waals surface area contributed by atoms with Gasteiger partial charge in [-0.3, -0.25) is 9.78 Å². The number of ether oxygens (including phenoxy) is 1. The van der Waals surface area contributed by atoms with Crippen LogP contribution >= 0.6 is 12.6 Å². The van der Waals surface area contributed by atoms with Crippen molar-refractivity contribution in [2.45, 2.75) is 62.6 Å². The average Bonchev–Trinajstić information content (AvgIpc) is 3.65. The Balaban J connectivity index is 0.000000257. The number of nitrogens with one attached hydrogen (secondary N) is 1. The second-order valence-electron chi connectivity index (χ2n) is 9.91. The molecular weight excluding hydrogens is 500 g/mol. The van der Waals surface area contributed by atoms with Gasteiger partial charge in [-0.2, -0.15) is 0 Å². The van der Waals surface area contributed by atoms with E-state index < -0.39 is 5.60 Å². The topological polar surface area (TPSA) is 101 Å². The molecule has 1 amide bonds. The number of hydrogen-bond donors (Lipinski definition) is 3. The Morgan fingerprint density at radius 1 is 1.29 bits per heavy atom. The van der Waals surface area contributed by atoms with Gasteiger partial charge in [0.15, 0.2) is 5.69 Å². The fourth-order valence-electron chi connectivity index (χ4n) is 4.20. The van der Waals surface area contributed by atoms with Gasteiger partial charge in [0.2, 0.25) is 5.89 Å². The highest BCUT2D eigenvalue weighted by Crippen LogP contribution is 2.26. The van der Waals surface area contributed by atoms with Crippen LogP contribution in [0.4, 0.5) is 0 Å². The van der Waals surface area contributed by atoms with E-state index in [-0.39, 0.29) is 5.91 Å². The van der Waals surface area contributed by atoms with E-state index in [9.17, 15) is 9.90 Å². The Labute approximate surface area is 229 Å². The molecule has 9 heteroatoms. The van der Waals surface area contributed by atoms with Crippen LogP contribution in [0.1, 0.15) is 58.8 Å². The summed E-state index contributed by atoms with van der Waals surface area (Å²) in [6, 6.07) is 8.32. The number of aliphatic hydroxyl groups is 1. The van der Waals surface area contributed by atoms with Gasteiger partial charge in [-0.05, 0) is 74.4 Å². The van der Waals surface area contributed by atoms with Gasteiger partial charge in [0.1, 0.15) is 12.0 Å². The number of oxazole rings is 1. The van der Waals surface area contributed by atoms with E-state index in [1.54, 1.807) is 24.4 Å². The summed E-state index contributed by atoms with van der Waals surface area (Å²) in [5, 5.41) is 14.1. The maximum absolute atomic E-state index is 12.6. The second kappa shape index (κ2) is 12.6. The van der Waals surface area contributed by atoms with Crippen LogP contribution < -0.4 is 10.1 Å². The van der Waals surface area contributed by atoms with Gasteiger partial charge in [0, 0.05) is 36.4 Å². The standard InChI is InChI=1S/C20H24N4O3.C9H12OS/c25-19(17-14-27-18(23-17)13-22-16-3-4-16)24-10-7-20(26,8-11-24)6-5-15-2-1-9-21-12-15;1-6-4-8(10-3)5-7(2)9(6)11/h1-2,5-6,9,12,14,16,22,26H,3-4,7-8,10-11,13H2;4-5,11H,1-3H3/b6-5+;. The summed E-state index contributed by atoms with van der Waals surface area (Å²) in [7, 11) is 1.67. The minimum Gasteiger partial charge on any atom is -0.497 e. The Bertz CT molecular complexity index is 1230. The van der Waals surface area contributed by atoms with E-state index in [0.717, 1.165) is 27.3 Å². The van der Waals surface area contributed by atoms with Gasteiger partial charge in [0.05, 0.1) is 19.3 Å². The first-order valence-corrected chi connectivity index (χ1v) is 13.3. The monoisotopic (exact) mass is 536 g/mol. The summed E-state index contributed by atoms with van der Waals surface area (Å²) in [4.78, 5) is 23.8. The Morgan fingerprint density at radius 2 is 2.00 bits per heavy atom. The van der Waals surface area contributed by atoms with E-state index in [1.165, 1.54) is 19.1 Å². The van der Waals surface area contributed by atoms with Crippen molar-refractivity contribution in [3.63, 3.8) is 0 Å². The van der Waals surface area contributed by atoms with Crippen LogP contribution in [0.3, 0.4) is 0 Å². The summed E-state index contributed by atoms with van der Waals surface area (Å²) in [5.74, 6) is 1.30. The lowest BCUT2D eigenvalue weighted by molar-refractivity contribution is 0.0190. The third-order valence-corrected chi connectivity index (χ3v) is 7.48. The third kappa shape index (κ3) is 7.69. The molecule has 1 saturated carbocycles. The zero-order valence-corrected chi connectivity index (χ0v) is 23.1. The first-order chi connectivity index (χ1) is 18.3. The van der Waals surface area contributed by atoms with Gasteiger partial charge in [-0.1, -0.05) is 18.2 Å². The number of hydrogen-bond acceptors (Lipinski definition) is 8. The van der Waals surface area contributed by atoms with Crippen LogP contribution in [-0.4, -0.2) is 57.7 Å². The highest BCUT2D eigenvalue weighted by molar-refractivity contribution is 7.80. The largest absolute Gasteiger partial charge is 0.497 e. The number of pyridine rings is 1. The minimum atomic E-state index is -0.907. The van der Waals surface area contributed by atoms with Gasteiger partial charge in [-0.15, -0.1) is 12.6 Å². The van der Waals surface area contributed by atoms with Crippen LogP contribution in [0.5, 0.6) is 5.75 Å². The van der Waals surface area contributed by atoms with Gasteiger partial charge < -0.3 is 24.5 Å². The Kier molecular flexibility index (Phi) is 9.25. The molecule has 8 nitrogen and oxygen atoms in total. The predicted molar refractivity (Wildman–Crippen MR) is 149 cm³/mol. The molecule has 1 saturated heterocycles. The molecule has 0 unspecified atom stereocenters. The summed E-state index contributed by atoms with van der Waals surface area (Å²) in [6.45, 7) is 5.57. The molecule has 0 radical (unpaired) electrons. The number of aryl methyl sites for hydroxylation is 2. The highest BCUT2D eigenvalue weighted by Gasteiger charge is 2.33. The molecule has 5 rings (SSSR count).